The highest BCUT2D eigenvalue weighted by Crippen LogP contribution is 2.23. The second-order valence-corrected chi connectivity index (χ2v) is 4.10. The third-order valence-electron chi connectivity index (χ3n) is 2.51. The number of rotatable bonds is 3. The molecule has 0 amide bonds. The summed E-state index contributed by atoms with van der Waals surface area (Å²) in [5.41, 5.74) is 0.311. The molecule has 0 heterocycles. The Morgan fingerprint density at radius 2 is 1.94 bits per heavy atom. The van der Waals surface area contributed by atoms with Gasteiger partial charge in [-0.3, -0.25) is 4.79 Å². The second kappa shape index (κ2) is 5.19. The van der Waals surface area contributed by atoms with Crippen LogP contribution in [0.4, 0.5) is 4.39 Å². The average molecular weight is 265 g/mol. The summed E-state index contributed by atoms with van der Waals surface area (Å²) >= 11 is 5.80. The van der Waals surface area contributed by atoms with Crippen molar-refractivity contribution in [3.63, 3.8) is 0 Å². The minimum absolute atomic E-state index is 0.0309. The number of hydrogen-bond acceptors (Lipinski definition) is 2. The molecule has 0 saturated carbocycles. The number of ketones is 1. The highest BCUT2D eigenvalue weighted by Gasteiger charge is 2.17. The van der Waals surface area contributed by atoms with Crippen molar-refractivity contribution in [2.75, 3.05) is 7.11 Å². The first kappa shape index (κ1) is 12.6. The Balaban J connectivity index is 2.46. The van der Waals surface area contributed by atoms with Crippen molar-refractivity contribution in [2.45, 2.75) is 0 Å². The number of methoxy groups -OCH3 is 1. The molecule has 0 bridgehead atoms. The maximum absolute atomic E-state index is 13.9. The topological polar surface area (TPSA) is 26.3 Å². The summed E-state index contributed by atoms with van der Waals surface area (Å²) in [6.07, 6.45) is 0. The van der Waals surface area contributed by atoms with E-state index >= 15 is 0 Å². The number of halogens is 2. The molecule has 0 aliphatic carbocycles. The largest absolute Gasteiger partial charge is 0.494 e. The standard InChI is InChI=1S/C14H10ClFO2/c1-18-12-7-3-6-11(13(12)16)14(17)9-4-2-5-10(15)8-9/h2-8H,1H3. The fourth-order valence-corrected chi connectivity index (χ4v) is 1.82. The number of benzene rings is 2. The van der Waals surface area contributed by atoms with E-state index in [1.807, 2.05) is 0 Å². The van der Waals surface area contributed by atoms with Crippen molar-refractivity contribution in [3.8, 4) is 5.75 Å². The lowest BCUT2D eigenvalue weighted by Crippen LogP contribution is -2.05. The molecule has 0 radical (unpaired) electrons. The van der Waals surface area contributed by atoms with Gasteiger partial charge in [-0.15, -0.1) is 0 Å². The SMILES string of the molecule is COc1cccc(C(=O)c2cccc(Cl)c2)c1F. The highest BCUT2D eigenvalue weighted by atomic mass is 35.5. The quantitative estimate of drug-likeness (QED) is 0.790. The molecule has 0 aliphatic rings. The van der Waals surface area contributed by atoms with E-state index < -0.39 is 11.6 Å². The summed E-state index contributed by atoms with van der Waals surface area (Å²) in [5.74, 6) is -1.04. The van der Waals surface area contributed by atoms with Gasteiger partial charge in [-0.1, -0.05) is 29.8 Å². The van der Waals surface area contributed by atoms with E-state index in [0.29, 0.717) is 10.6 Å². The molecule has 2 rings (SSSR count). The fraction of sp³-hybridized carbons (Fsp3) is 0.0714. The Morgan fingerprint density at radius 3 is 2.61 bits per heavy atom. The van der Waals surface area contributed by atoms with Crippen LogP contribution >= 0.6 is 11.6 Å². The van der Waals surface area contributed by atoms with Gasteiger partial charge in [0.2, 0.25) is 0 Å². The minimum Gasteiger partial charge on any atom is -0.494 e. The molecule has 2 aromatic rings. The Hall–Kier alpha value is -1.87. The molecule has 0 aliphatic heterocycles. The van der Waals surface area contributed by atoms with E-state index in [9.17, 15) is 9.18 Å². The summed E-state index contributed by atoms with van der Waals surface area (Å²) in [6, 6.07) is 10.8. The van der Waals surface area contributed by atoms with Crippen molar-refractivity contribution in [3.05, 3.63) is 64.4 Å². The van der Waals surface area contributed by atoms with Crippen LogP contribution in [0.15, 0.2) is 42.5 Å². The second-order valence-electron chi connectivity index (χ2n) is 3.66. The lowest BCUT2D eigenvalue weighted by Gasteiger charge is -2.06. The van der Waals surface area contributed by atoms with Crippen molar-refractivity contribution in [1.82, 2.24) is 0 Å². The fourth-order valence-electron chi connectivity index (χ4n) is 1.63. The molecule has 0 saturated heterocycles. The summed E-state index contributed by atoms with van der Waals surface area (Å²) in [6.45, 7) is 0. The molecular formula is C14H10ClFO2. The normalized spacial score (nSPS) is 10.2. The van der Waals surface area contributed by atoms with E-state index in [1.54, 1.807) is 24.3 Å². The maximum Gasteiger partial charge on any atom is 0.196 e. The zero-order chi connectivity index (χ0) is 13.1. The van der Waals surface area contributed by atoms with Crippen LogP contribution in [0.1, 0.15) is 15.9 Å². The molecule has 4 heteroatoms. The highest BCUT2D eigenvalue weighted by molar-refractivity contribution is 6.31. The van der Waals surface area contributed by atoms with Crippen LogP contribution in [-0.2, 0) is 0 Å². The lowest BCUT2D eigenvalue weighted by atomic mass is 10.0. The molecular weight excluding hydrogens is 255 g/mol. The number of ether oxygens (including phenoxy) is 1. The third kappa shape index (κ3) is 2.36. The molecule has 92 valence electrons. The smallest absolute Gasteiger partial charge is 0.196 e. The molecule has 0 atom stereocenters. The molecule has 0 fully saturated rings. The average Bonchev–Trinajstić information content (AvgIpc) is 2.38. The third-order valence-corrected chi connectivity index (χ3v) is 2.75. The van der Waals surface area contributed by atoms with Gasteiger partial charge < -0.3 is 4.74 Å². The van der Waals surface area contributed by atoms with Crippen molar-refractivity contribution in [1.29, 1.82) is 0 Å². The van der Waals surface area contributed by atoms with Gasteiger partial charge in [-0.2, -0.15) is 0 Å². The molecule has 0 aromatic heterocycles. The van der Waals surface area contributed by atoms with Gasteiger partial charge in [0, 0.05) is 10.6 Å². The predicted octanol–water partition coefficient (Wildman–Crippen LogP) is 3.72. The maximum atomic E-state index is 13.9. The van der Waals surface area contributed by atoms with Crippen LogP contribution in [0.3, 0.4) is 0 Å². The zero-order valence-electron chi connectivity index (χ0n) is 9.61. The van der Waals surface area contributed by atoms with Gasteiger partial charge in [0.05, 0.1) is 12.7 Å². The van der Waals surface area contributed by atoms with E-state index in [-0.39, 0.29) is 11.3 Å². The Labute approximate surface area is 109 Å². The van der Waals surface area contributed by atoms with Gasteiger partial charge >= 0.3 is 0 Å². The molecule has 0 spiro atoms. The first-order valence-corrected chi connectivity index (χ1v) is 5.64. The summed E-state index contributed by atoms with van der Waals surface area (Å²) < 4.78 is 18.8. The summed E-state index contributed by atoms with van der Waals surface area (Å²) in [4.78, 5) is 12.1. The first-order chi connectivity index (χ1) is 8.63. The van der Waals surface area contributed by atoms with Crippen molar-refractivity contribution >= 4 is 17.4 Å². The summed E-state index contributed by atoms with van der Waals surface area (Å²) in [5, 5.41) is 0.434. The summed E-state index contributed by atoms with van der Waals surface area (Å²) in [7, 11) is 1.35. The van der Waals surface area contributed by atoms with Crippen molar-refractivity contribution in [2.24, 2.45) is 0 Å². The van der Waals surface area contributed by atoms with Crippen LogP contribution in [-0.4, -0.2) is 12.9 Å². The number of carbonyl (C=O) groups is 1. The first-order valence-electron chi connectivity index (χ1n) is 5.26. The number of hydrogen-bond donors (Lipinski definition) is 0. The van der Waals surface area contributed by atoms with Crippen LogP contribution in [0.5, 0.6) is 5.75 Å². The lowest BCUT2D eigenvalue weighted by molar-refractivity contribution is 0.103. The van der Waals surface area contributed by atoms with Gasteiger partial charge in [-0.05, 0) is 24.3 Å². The predicted molar refractivity (Wildman–Crippen MR) is 67.8 cm³/mol. The van der Waals surface area contributed by atoms with Crippen LogP contribution in [0, 0.1) is 5.82 Å². The Bertz CT molecular complexity index is 596. The van der Waals surface area contributed by atoms with E-state index in [4.69, 9.17) is 16.3 Å². The molecule has 0 unspecified atom stereocenters. The van der Waals surface area contributed by atoms with E-state index in [0.717, 1.165) is 0 Å². The molecule has 2 aromatic carbocycles. The molecule has 18 heavy (non-hydrogen) atoms. The van der Waals surface area contributed by atoms with E-state index in [1.165, 1.54) is 25.3 Å². The van der Waals surface area contributed by atoms with Gasteiger partial charge in [0.15, 0.2) is 17.3 Å². The van der Waals surface area contributed by atoms with Gasteiger partial charge in [0.1, 0.15) is 0 Å². The molecule has 2 nitrogen and oxygen atoms in total. The minimum atomic E-state index is -0.662. The van der Waals surface area contributed by atoms with E-state index in [2.05, 4.69) is 0 Å². The molecule has 0 N–H and O–H groups in total. The zero-order valence-corrected chi connectivity index (χ0v) is 10.4. The van der Waals surface area contributed by atoms with Crippen LogP contribution in [0.2, 0.25) is 5.02 Å². The van der Waals surface area contributed by atoms with Gasteiger partial charge in [-0.25, -0.2) is 4.39 Å². The van der Waals surface area contributed by atoms with Crippen LogP contribution < -0.4 is 4.74 Å². The van der Waals surface area contributed by atoms with Crippen molar-refractivity contribution < 1.29 is 13.9 Å². The Morgan fingerprint density at radius 1 is 1.22 bits per heavy atom. The Kier molecular flexibility index (Phi) is 3.63. The van der Waals surface area contributed by atoms with Crippen LogP contribution in [0.25, 0.3) is 0 Å². The van der Waals surface area contributed by atoms with Gasteiger partial charge in [0.25, 0.3) is 0 Å². The number of carbonyl (C=O) groups excluding carboxylic acids is 1. The monoisotopic (exact) mass is 264 g/mol.